The molecule has 0 bridgehead atoms. The van der Waals surface area contributed by atoms with Gasteiger partial charge in [-0.05, 0) is 18.6 Å². The van der Waals surface area contributed by atoms with Crippen molar-refractivity contribution in [1.82, 2.24) is 4.57 Å². The van der Waals surface area contributed by atoms with Crippen molar-refractivity contribution in [3.63, 3.8) is 0 Å². The molecule has 0 fully saturated rings. The number of rotatable bonds is 3. The largest absolute Gasteiger partial charge is 0.491 e. The smallest absolute Gasteiger partial charge is 0.274 e. The third-order valence-electron chi connectivity index (χ3n) is 3.27. The van der Waals surface area contributed by atoms with Gasteiger partial charge in [-0.3, -0.25) is 4.79 Å². The summed E-state index contributed by atoms with van der Waals surface area (Å²) < 4.78 is 60.2. The van der Waals surface area contributed by atoms with Crippen molar-refractivity contribution in [2.75, 3.05) is 12.8 Å². The molecule has 0 spiro atoms. The van der Waals surface area contributed by atoms with E-state index in [0.717, 1.165) is 11.7 Å². The maximum absolute atomic E-state index is 13.9. The van der Waals surface area contributed by atoms with Crippen LogP contribution in [0, 0.1) is 30.2 Å². The first-order valence-electron chi connectivity index (χ1n) is 6.13. The normalized spacial score (nSPS) is 10.8. The molecule has 4 nitrogen and oxygen atoms in total. The van der Waals surface area contributed by atoms with E-state index in [9.17, 15) is 22.4 Å². The van der Waals surface area contributed by atoms with E-state index in [1.807, 2.05) is 0 Å². The summed E-state index contributed by atoms with van der Waals surface area (Å²) in [5.41, 5.74) is 4.25. The number of hydrogen-bond donors (Lipinski definition) is 1. The SMILES string of the molecule is COc1c(F)c(F)c(Cn2ccc(C)c(N)c2=O)c(F)c1F. The minimum Gasteiger partial charge on any atom is -0.491 e. The third kappa shape index (κ3) is 2.40. The zero-order chi connectivity index (χ0) is 16.6. The van der Waals surface area contributed by atoms with Crippen LogP contribution in [0.2, 0.25) is 0 Å². The van der Waals surface area contributed by atoms with Crippen LogP contribution in [0.3, 0.4) is 0 Å². The van der Waals surface area contributed by atoms with Crippen LogP contribution in [-0.4, -0.2) is 11.7 Å². The Kier molecular flexibility index (Phi) is 4.11. The number of anilines is 1. The fourth-order valence-electron chi connectivity index (χ4n) is 1.95. The number of benzene rings is 1. The van der Waals surface area contributed by atoms with Crippen LogP contribution in [0.4, 0.5) is 23.2 Å². The van der Waals surface area contributed by atoms with Crippen molar-refractivity contribution in [3.8, 4) is 5.75 Å². The molecule has 1 aromatic carbocycles. The van der Waals surface area contributed by atoms with Gasteiger partial charge in [0.25, 0.3) is 5.56 Å². The molecule has 0 amide bonds. The Labute approximate surface area is 122 Å². The van der Waals surface area contributed by atoms with Crippen molar-refractivity contribution >= 4 is 5.69 Å². The van der Waals surface area contributed by atoms with Crippen molar-refractivity contribution in [3.05, 3.63) is 57.0 Å². The summed E-state index contributed by atoms with van der Waals surface area (Å²) in [6.45, 7) is 0.869. The first-order chi connectivity index (χ1) is 10.3. The van der Waals surface area contributed by atoms with Crippen molar-refractivity contribution in [1.29, 1.82) is 0 Å². The van der Waals surface area contributed by atoms with E-state index >= 15 is 0 Å². The molecule has 1 heterocycles. The number of nitrogens with zero attached hydrogens (tertiary/aromatic N) is 1. The number of ether oxygens (including phenoxy) is 1. The van der Waals surface area contributed by atoms with E-state index < -0.39 is 46.7 Å². The third-order valence-corrected chi connectivity index (χ3v) is 3.27. The highest BCUT2D eigenvalue weighted by molar-refractivity contribution is 5.43. The second-order valence-corrected chi connectivity index (χ2v) is 4.61. The fraction of sp³-hybridized carbons (Fsp3) is 0.214. The molecular formula is C14H12F4N2O2. The van der Waals surface area contributed by atoms with Gasteiger partial charge < -0.3 is 15.0 Å². The van der Waals surface area contributed by atoms with Crippen molar-refractivity contribution in [2.45, 2.75) is 13.5 Å². The van der Waals surface area contributed by atoms with Gasteiger partial charge in [-0.15, -0.1) is 0 Å². The van der Waals surface area contributed by atoms with E-state index in [2.05, 4.69) is 4.74 Å². The molecule has 0 saturated heterocycles. The zero-order valence-corrected chi connectivity index (χ0v) is 11.7. The minimum atomic E-state index is -1.66. The average molecular weight is 316 g/mol. The Morgan fingerprint density at radius 1 is 1.14 bits per heavy atom. The number of pyridine rings is 1. The maximum atomic E-state index is 13.9. The van der Waals surface area contributed by atoms with Crippen LogP contribution in [0.1, 0.15) is 11.1 Å². The highest BCUT2D eigenvalue weighted by Gasteiger charge is 2.26. The number of halogens is 4. The van der Waals surface area contributed by atoms with Gasteiger partial charge >= 0.3 is 0 Å². The topological polar surface area (TPSA) is 57.2 Å². The van der Waals surface area contributed by atoms with E-state index in [0.29, 0.717) is 5.56 Å². The molecule has 118 valence electrons. The second kappa shape index (κ2) is 5.70. The molecule has 0 saturated carbocycles. The van der Waals surface area contributed by atoms with Crippen LogP contribution in [0.15, 0.2) is 17.1 Å². The summed E-state index contributed by atoms with van der Waals surface area (Å²) >= 11 is 0. The minimum absolute atomic E-state index is 0.113. The second-order valence-electron chi connectivity index (χ2n) is 4.61. The van der Waals surface area contributed by atoms with Gasteiger partial charge in [0.1, 0.15) is 5.69 Å². The van der Waals surface area contributed by atoms with Crippen LogP contribution in [0.25, 0.3) is 0 Å². The summed E-state index contributed by atoms with van der Waals surface area (Å²) in [4.78, 5) is 11.9. The van der Waals surface area contributed by atoms with Crippen LogP contribution in [-0.2, 0) is 6.54 Å². The Morgan fingerprint density at radius 2 is 1.68 bits per heavy atom. The number of aromatic nitrogens is 1. The number of hydrogen-bond acceptors (Lipinski definition) is 3. The number of nitrogen functional groups attached to an aromatic ring is 1. The van der Waals surface area contributed by atoms with Crippen LogP contribution in [0.5, 0.6) is 5.75 Å². The lowest BCUT2D eigenvalue weighted by molar-refractivity contribution is 0.327. The Morgan fingerprint density at radius 3 is 2.18 bits per heavy atom. The van der Waals surface area contributed by atoms with E-state index in [4.69, 9.17) is 5.73 Å². The summed E-state index contributed by atoms with van der Waals surface area (Å²) in [6, 6.07) is 1.45. The summed E-state index contributed by atoms with van der Waals surface area (Å²) in [6.07, 6.45) is 1.23. The van der Waals surface area contributed by atoms with Gasteiger partial charge in [0.2, 0.25) is 11.6 Å². The molecule has 2 N–H and O–H groups in total. The molecule has 2 rings (SSSR count). The molecule has 2 aromatic rings. The van der Waals surface area contributed by atoms with E-state index in [1.54, 1.807) is 6.92 Å². The number of aryl methyl sites for hydroxylation is 1. The monoisotopic (exact) mass is 316 g/mol. The Bertz CT molecular complexity index is 773. The molecule has 22 heavy (non-hydrogen) atoms. The number of methoxy groups -OCH3 is 1. The molecular weight excluding hydrogens is 304 g/mol. The molecule has 0 atom stereocenters. The molecule has 0 aliphatic rings. The average Bonchev–Trinajstić information content (AvgIpc) is 2.50. The predicted molar refractivity (Wildman–Crippen MR) is 71.8 cm³/mol. The lowest BCUT2D eigenvalue weighted by atomic mass is 10.1. The van der Waals surface area contributed by atoms with Crippen molar-refractivity contribution < 1.29 is 22.3 Å². The van der Waals surface area contributed by atoms with Crippen LogP contribution >= 0.6 is 0 Å². The molecule has 0 radical (unpaired) electrons. The van der Waals surface area contributed by atoms with E-state index in [-0.39, 0.29) is 5.69 Å². The quantitative estimate of drug-likeness (QED) is 0.698. The van der Waals surface area contributed by atoms with Crippen molar-refractivity contribution in [2.24, 2.45) is 0 Å². The van der Waals surface area contributed by atoms with Gasteiger partial charge in [-0.2, -0.15) is 8.78 Å². The summed E-state index contributed by atoms with van der Waals surface area (Å²) in [7, 11) is 0.880. The Hall–Kier alpha value is -2.51. The Balaban J connectivity index is 2.61. The van der Waals surface area contributed by atoms with Gasteiger partial charge in [-0.1, -0.05) is 0 Å². The zero-order valence-electron chi connectivity index (χ0n) is 11.7. The van der Waals surface area contributed by atoms with Crippen LogP contribution < -0.4 is 16.0 Å². The van der Waals surface area contributed by atoms with Gasteiger partial charge in [0.05, 0.1) is 13.7 Å². The first kappa shape index (κ1) is 15.9. The lowest BCUT2D eigenvalue weighted by Gasteiger charge is -2.13. The highest BCUT2D eigenvalue weighted by atomic mass is 19.2. The number of nitrogens with two attached hydrogens (primary N) is 1. The molecule has 0 aliphatic heterocycles. The van der Waals surface area contributed by atoms with Gasteiger partial charge in [0.15, 0.2) is 17.4 Å². The highest BCUT2D eigenvalue weighted by Crippen LogP contribution is 2.30. The van der Waals surface area contributed by atoms with Gasteiger partial charge in [-0.25, -0.2) is 8.78 Å². The molecule has 0 aliphatic carbocycles. The molecule has 8 heteroatoms. The first-order valence-corrected chi connectivity index (χ1v) is 6.13. The lowest BCUT2D eigenvalue weighted by Crippen LogP contribution is -2.25. The predicted octanol–water partition coefficient (Wildman–Crippen LogP) is 2.35. The standard InChI is InChI=1S/C14H12F4N2O2/c1-6-3-4-20(14(21)12(6)19)5-7-8(15)10(17)13(22-2)11(18)9(7)16/h3-4H,5,19H2,1-2H3. The van der Waals surface area contributed by atoms with E-state index in [1.165, 1.54) is 12.3 Å². The van der Waals surface area contributed by atoms with Gasteiger partial charge in [0, 0.05) is 11.8 Å². The molecule has 1 aromatic heterocycles. The summed E-state index contributed by atoms with van der Waals surface area (Å²) in [5, 5.41) is 0. The maximum Gasteiger partial charge on any atom is 0.274 e. The summed E-state index contributed by atoms with van der Waals surface area (Å²) in [5.74, 6) is -7.73. The molecule has 0 unspecified atom stereocenters. The fourth-order valence-corrected chi connectivity index (χ4v) is 1.95.